The van der Waals surface area contributed by atoms with Crippen molar-refractivity contribution >= 4 is 17.3 Å². The SMILES string of the molecule is C[C@@H](NCc1ccccc1C(=O)O)c1cccs1. The molecule has 0 saturated heterocycles. The molecule has 0 bridgehead atoms. The Labute approximate surface area is 110 Å². The number of carboxylic acid groups (broad SMARTS) is 1. The Morgan fingerprint density at radius 2 is 2.11 bits per heavy atom. The van der Waals surface area contributed by atoms with Crippen molar-refractivity contribution < 1.29 is 9.90 Å². The zero-order chi connectivity index (χ0) is 13.0. The highest BCUT2D eigenvalue weighted by Crippen LogP contribution is 2.19. The Morgan fingerprint density at radius 1 is 1.33 bits per heavy atom. The van der Waals surface area contributed by atoms with Gasteiger partial charge >= 0.3 is 5.97 Å². The van der Waals surface area contributed by atoms with E-state index in [0.29, 0.717) is 12.1 Å². The molecule has 1 aromatic heterocycles. The van der Waals surface area contributed by atoms with Crippen LogP contribution >= 0.6 is 11.3 Å². The number of carbonyl (C=O) groups is 1. The smallest absolute Gasteiger partial charge is 0.336 e. The first kappa shape index (κ1) is 12.8. The fourth-order valence-electron chi connectivity index (χ4n) is 1.78. The molecule has 0 fully saturated rings. The van der Waals surface area contributed by atoms with E-state index in [2.05, 4.69) is 18.3 Å². The van der Waals surface area contributed by atoms with Crippen LogP contribution in [-0.4, -0.2) is 11.1 Å². The van der Waals surface area contributed by atoms with E-state index in [1.165, 1.54) is 4.88 Å². The second kappa shape index (κ2) is 5.80. The predicted molar refractivity (Wildman–Crippen MR) is 73.0 cm³/mol. The molecule has 0 spiro atoms. The molecule has 0 aliphatic rings. The van der Waals surface area contributed by atoms with Crippen molar-refractivity contribution in [2.45, 2.75) is 19.5 Å². The lowest BCUT2D eigenvalue weighted by Crippen LogP contribution is -2.19. The Morgan fingerprint density at radius 3 is 2.78 bits per heavy atom. The highest BCUT2D eigenvalue weighted by molar-refractivity contribution is 7.10. The Kier molecular flexibility index (Phi) is 4.12. The van der Waals surface area contributed by atoms with Gasteiger partial charge in [0.05, 0.1) is 5.56 Å². The summed E-state index contributed by atoms with van der Waals surface area (Å²) in [5.41, 5.74) is 1.18. The average Bonchev–Trinajstić information content (AvgIpc) is 2.90. The monoisotopic (exact) mass is 261 g/mol. The van der Waals surface area contributed by atoms with Gasteiger partial charge in [-0.1, -0.05) is 24.3 Å². The summed E-state index contributed by atoms with van der Waals surface area (Å²) in [6.45, 7) is 2.64. The fraction of sp³-hybridized carbons (Fsp3) is 0.214. The van der Waals surface area contributed by atoms with E-state index in [1.807, 2.05) is 23.6 Å². The first-order valence-electron chi connectivity index (χ1n) is 5.76. The van der Waals surface area contributed by atoms with Crippen LogP contribution in [-0.2, 0) is 6.54 Å². The molecule has 1 heterocycles. The molecule has 0 amide bonds. The van der Waals surface area contributed by atoms with Gasteiger partial charge < -0.3 is 10.4 Å². The summed E-state index contributed by atoms with van der Waals surface area (Å²) in [5, 5.41) is 14.5. The number of carboxylic acids is 1. The number of hydrogen-bond acceptors (Lipinski definition) is 3. The lowest BCUT2D eigenvalue weighted by atomic mass is 10.1. The van der Waals surface area contributed by atoms with Gasteiger partial charge in [0.15, 0.2) is 0 Å². The van der Waals surface area contributed by atoms with Gasteiger partial charge in [0.2, 0.25) is 0 Å². The van der Waals surface area contributed by atoms with E-state index in [4.69, 9.17) is 5.11 Å². The van der Waals surface area contributed by atoms with Crippen molar-refractivity contribution in [2.75, 3.05) is 0 Å². The van der Waals surface area contributed by atoms with Crippen molar-refractivity contribution in [3.63, 3.8) is 0 Å². The molecule has 3 nitrogen and oxygen atoms in total. The molecule has 18 heavy (non-hydrogen) atoms. The molecule has 0 aliphatic carbocycles. The van der Waals surface area contributed by atoms with Crippen LogP contribution in [0.5, 0.6) is 0 Å². The van der Waals surface area contributed by atoms with Crippen LogP contribution in [0, 0.1) is 0 Å². The third-order valence-electron chi connectivity index (χ3n) is 2.82. The number of benzene rings is 1. The van der Waals surface area contributed by atoms with Gasteiger partial charge in [0, 0.05) is 17.5 Å². The lowest BCUT2D eigenvalue weighted by Gasteiger charge is -2.13. The minimum Gasteiger partial charge on any atom is -0.478 e. The van der Waals surface area contributed by atoms with Gasteiger partial charge in [-0.3, -0.25) is 0 Å². The quantitative estimate of drug-likeness (QED) is 0.868. The van der Waals surface area contributed by atoms with Crippen LogP contribution in [0.3, 0.4) is 0 Å². The maximum atomic E-state index is 11.1. The highest BCUT2D eigenvalue weighted by atomic mass is 32.1. The largest absolute Gasteiger partial charge is 0.478 e. The van der Waals surface area contributed by atoms with Crippen molar-refractivity contribution in [3.05, 3.63) is 57.8 Å². The summed E-state index contributed by atoms with van der Waals surface area (Å²) in [5.74, 6) is -0.879. The second-order valence-electron chi connectivity index (χ2n) is 4.08. The summed E-state index contributed by atoms with van der Waals surface area (Å²) in [6.07, 6.45) is 0. The van der Waals surface area contributed by atoms with E-state index in [0.717, 1.165) is 5.56 Å². The summed E-state index contributed by atoms with van der Waals surface area (Å²) >= 11 is 1.70. The molecule has 0 radical (unpaired) electrons. The maximum absolute atomic E-state index is 11.1. The molecule has 1 atom stereocenters. The Hall–Kier alpha value is -1.65. The molecule has 2 N–H and O–H groups in total. The van der Waals surface area contributed by atoms with Crippen LogP contribution in [0.15, 0.2) is 41.8 Å². The standard InChI is InChI=1S/C14H15NO2S/c1-10(13-7-4-8-18-13)15-9-11-5-2-3-6-12(11)14(16)17/h2-8,10,15H,9H2,1H3,(H,16,17)/t10-/m1/s1. The van der Waals surface area contributed by atoms with Crippen LogP contribution in [0.1, 0.15) is 33.8 Å². The third kappa shape index (κ3) is 2.97. The first-order valence-corrected chi connectivity index (χ1v) is 6.64. The molecule has 0 unspecified atom stereocenters. The van der Waals surface area contributed by atoms with Gasteiger partial charge in [0.25, 0.3) is 0 Å². The van der Waals surface area contributed by atoms with Crippen LogP contribution in [0.4, 0.5) is 0 Å². The van der Waals surface area contributed by atoms with Crippen LogP contribution in [0.25, 0.3) is 0 Å². The topological polar surface area (TPSA) is 49.3 Å². The lowest BCUT2D eigenvalue weighted by molar-refractivity contribution is 0.0695. The van der Waals surface area contributed by atoms with Gasteiger partial charge in [-0.2, -0.15) is 0 Å². The van der Waals surface area contributed by atoms with Crippen LogP contribution < -0.4 is 5.32 Å². The first-order chi connectivity index (χ1) is 8.68. The zero-order valence-electron chi connectivity index (χ0n) is 10.1. The number of rotatable bonds is 5. The fourth-order valence-corrected chi connectivity index (χ4v) is 2.54. The molecule has 2 rings (SSSR count). The molecule has 2 aromatic rings. The van der Waals surface area contributed by atoms with Crippen LogP contribution in [0.2, 0.25) is 0 Å². The third-order valence-corrected chi connectivity index (χ3v) is 3.87. The maximum Gasteiger partial charge on any atom is 0.336 e. The molecular formula is C14H15NO2S. The van der Waals surface area contributed by atoms with Crippen molar-refractivity contribution in [1.82, 2.24) is 5.32 Å². The van der Waals surface area contributed by atoms with E-state index < -0.39 is 5.97 Å². The normalized spacial score (nSPS) is 12.3. The number of hydrogen-bond donors (Lipinski definition) is 2. The van der Waals surface area contributed by atoms with Crippen molar-refractivity contribution in [3.8, 4) is 0 Å². The molecule has 1 aromatic carbocycles. The average molecular weight is 261 g/mol. The van der Waals surface area contributed by atoms with Gasteiger partial charge in [-0.15, -0.1) is 11.3 Å². The number of nitrogens with one attached hydrogen (secondary N) is 1. The van der Waals surface area contributed by atoms with Gasteiger partial charge in [0.1, 0.15) is 0 Å². The Balaban J connectivity index is 2.04. The number of thiophene rings is 1. The number of aromatic carboxylic acids is 1. The van der Waals surface area contributed by atoms with Gasteiger partial charge in [-0.05, 0) is 30.0 Å². The predicted octanol–water partition coefficient (Wildman–Crippen LogP) is 3.30. The highest BCUT2D eigenvalue weighted by Gasteiger charge is 2.10. The second-order valence-corrected chi connectivity index (χ2v) is 5.06. The molecule has 4 heteroatoms. The summed E-state index contributed by atoms with van der Waals surface area (Å²) < 4.78 is 0. The van der Waals surface area contributed by atoms with E-state index in [1.54, 1.807) is 23.5 Å². The van der Waals surface area contributed by atoms with E-state index in [9.17, 15) is 4.79 Å². The van der Waals surface area contributed by atoms with Gasteiger partial charge in [-0.25, -0.2) is 4.79 Å². The zero-order valence-corrected chi connectivity index (χ0v) is 10.9. The molecular weight excluding hydrogens is 246 g/mol. The van der Waals surface area contributed by atoms with Crippen molar-refractivity contribution in [2.24, 2.45) is 0 Å². The minimum absolute atomic E-state index is 0.229. The molecule has 0 saturated carbocycles. The summed E-state index contributed by atoms with van der Waals surface area (Å²) in [7, 11) is 0. The summed E-state index contributed by atoms with van der Waals surface area (Å²) in [6, 6.07) is 11.4. The van der Waals surface area contributed by atoms with E-state index in [-0.39, 0.29) is 6.04 Å². The minimum atomic E-state index is -0.879. The summed E-state index contributed by atoms with van der Waals surface area (Å²) in [4.78, 5) is 12.3. The van der Waals surface area contributed by atoms with E-state index >= 15 is 0 Å². The molecule has 0 aliphatic heterocycles. The Bertz CT molecular complexity index is 522. The molecule has 94 valence electrons. The van der Waals surface area contributed by atoms with Crippen molar-refractivity contribution in [1.29, 1.82) is 0 Å².